The number of hydrogen-bond donors (Lipinski definition) is 1. The van der Waals surface area contributed by atoms with Crippen molar-refractivity contribution in [3.8, 4) is 16.3 Å². The summed E-state index contributed by atoms with van der Waals surface area (Å²) in [4.78, 5) is 29.4. The monoisotopic (exact) mass is 341 g/mol. The third kappa shape index (κ3) is 3.69. The summed E-state index contributed by atoms with van der Waals surface area (Å²) < 4.78 is 6.38. The van der Waals surface area contributed by atoms with Crippen LogP contribution in [-0.2, 0) is 11.3 Å². The fourth-order valence-electron chi connectivity index (χ4n) is 2.16. The van der Waals surface area contributed by atoms with Gasteiger partial charge in [-0.1, -0.05) is 12.1 Å². The number of carbonyl (C=O) groups excluding carboxylic acids is 1. The van der Waals surface area contributed by atoms with E-state index >= 15 is 0 Å². The lowest BCUT2D eigenvalue weighted by Gasteiger charge is -2.08. The van der Waals surface area contributed by atoms with Crippen LogP contribution in [0.2, 0.25) is 0 Å². The van der Waals surface area contributed by atoms with Crippen molar-refractivity contribution < 1.29 is 9.53 Å². The van der Waals surface area contributed by atoms with Crippen molar-refractivity contribution in [3.05, 3.63) is 64.5 Å². The molecular weight excluding hydrogens is 326 g/mol. The zero-order valence-corrected chi connectivity index (χ0v) is 13.7. The summed E-state index contributed by atoms with van der Waals surface area (Å²) in [6.07, 6.45) is 1.39. The highest BCUT2D eigenvalue weighted by molar-refractivity contribution is 7.13. The van der Waals surface area contributed by atoms with Crippen LogP contribution < -0.4 is 15.6 Å². The lowest BCUT2D eigenvalue weighted by atomic mass is 10.3. The van der Waals surface area contributed by atoms with Gasteiger partial charge >= 0.3 is 0 Å². The fourth-order valence-corrected chi connectivity index (χ4v) is 2.85. The van der Waals surface area contributed by atoms with Crippen LogP contribution in [0.15, 0.2) is 59.0 Å². The first-order valence-corrected chi connectivity index (χ1v) is 8.08. The maximum absolute atomic E-state index is 12.2. The molecule has 3 aromatic rings. The molecule has 6 nitrogen and oxygen atoms in total. The number of hydrogen-bond acceptors (Lipinski definition) is 5. The number of nitrogens with zero attached hydrogens (tertiary/aromatic N) is 2. The maximum Gasteiger partial charge on any atom is 0.254 e. The lowest BCUT2D eigenvalue weighted by molar-refractivity contribution is -0.116. The summed E-state index contributed by atoms with van der Waals surface area (Å²) in [5.74, 6) is 0.336. The van der Waals surface area contributed by atoms with Gasteiger partial charge in [0.05, 0.1) is 24.0 Å². The minimum atomic E-state index is -0.309. The number of amides is 1. The first-order valence-electron chi connectivity index (χ1n) is 7.20. The van der Waals surface area contributed by atoms with Crippen LogP contribution in [0, 0.1) is 0 Å². The molecule has 0 bridgehead atoms. The van der Waals surface area contributed by atoms with Crippen LogP contribution in [-0.4, -0.2) is 22.6 Å². The van der Waals surface area contributed by atoms with Gasteiger partial charge in [0, 0.05) is 17.8 Å². The van der Waals surface area contributed by atoms with Crippen molar-refractivity contribution in [3.63, 3.8) is 0 Å². The van der Waals surface area contributed by atoms with E-state index in [-0.39, 0.29) is 18.0 Å². The molecule has 1 amide bonds. The van der Waals surface area contributed by atoms with Gasteiger partial charge < -0.3 is 10.1 Å². The molecule has 0 fully saturated rings. The smallest absolute Gasteiger partial charge is 0.254 e. The molecule has 0 aliphatic carbocycles. The summed E-state index contributed by atoms with van der Waals surface area (Å²) in [7, 11) is 1.56. The number of anilines is 1. The Balaban J connectivity index is 1.71. The molecule has 2 heterocycles. The number of benzene rings is 1. The summed E-state index contributed by atoms with van der Waals surface area (Å²) in [6.45, 7) is -0.103. The largest absolute Gasteiger partial charge is 0.497 e. The van der Waals surface area contributed by atoms with Crippen molar-refractivity contribution in [2.24, 2.45) is 0 Å². The van der Waals surface area contributed by atoms with Gasteiger partial charge in [-0.15, -0.1) is 11.3 Å². The van der Waals surface area contributed by atoms with Gasteiger partial charge in [0.1, 0.15) is 12.3 Å². The molecule has 3 rings (SSSR count). The third-order valence-electron chi connectivity index (χ3n) is 3.32. The number of methoxy groups -OCH3 is 1. The molecule has 0 saturated heterocycles. The minimum absolute atomic E-state index is 0.103. The van der Waals surface area contributed by atoms with E-state index in [0.29, 0.717) is 17.1 Å². The lowest BCUT2D eigenvalue weighted by Crippen LogP contribution is -2.27. The topological polar surface area (TPSA) is 73.2 Å². The molecular formula is C17H15N3O3S. The Kier molecular flexibility index (Phi) is 4.72. The third-order valence-corrected chi connectivity index (χ3v) is 4.21. The molecule has 0 atom stereocenters. The predicted octanol–water partition coefficient (Wildman–Crippen LogP) is 2.62. The molecule has 122 valence electrons. The second kappa shape index (κ2) is 7.10. The Labute approximate surface area is 142 Å². The van der Waals surface area contributed by atoms with Crippen LogP contribution in [0.4, 0.5) is 5.69 Å². The Hall–Kier alpha value is -2.93. The number of carbonyl (C=O) groups is 1. The maximum atomic E-state index is 12.2. The average molecular weight is 341 g/mol. The van der Waals surface area contributed by atoms with Crippen LogP contribution >= 0.6 is 11.3 Å². The Morgan fingerprint density at radius 1 is 1.29 bits per heavy atom. The van der Waals surface area contributed by atoms with Crippen LogP contribution in [0.5, 0.6) is 5.75 Å². The highest BCUT2D eigenvalue weighted by Crippen LogP contribution is 2.20. The molecule has 1 N–H and O–H groups in total. The average Bonchev–Trinajstić information content (AvgIpc) is 3.11. The highest BCUT2D eigenvalue weighted by Gasteiger charge is 2.08. The van der Waals surface area contributed by atoms with Crippen molar-refractivity contribution in [2.75, 3.05) is 12.4 Å². The molecule has 2 aromatic heterocycles. The predicted molar refractivity (Wildman–Crippen MR) is 93.4 cm³/mol. The Bertz CT molecular complexity index is 903. The fraction of sp³-hybridized carbons (Fsp3) is 0.118. The summed E-state index contributed by atoms with van der Waals surface area (Å²) in [5.41, 5.74) is 0.948. The number of nitrogens with one attached hydrogen (secondary N) is 1. The van der Waals surface area contributed by atoms with Gasteiger partial charge in [0.2, 0.25) is 5.91 Å². The van der Waals surface area contributed by atoms with Crippen LogP contribution in [0.3, 0.4) is 0 Å². The molecule has 0 saturated carbocycles. The highest BCUT2D eigenvalue weighted by atomic mass is 32.1. The van der Waals surface area contributed by atoms with Gasteiger partial charge in [-0.25, -0.2) is 4.98 Å². The number of aromatic nitrogens is 2. The minimum Gasteiger partial charge on any atom is -0.497 e. The van der Waals surface area contributed by atoms with Crippen LogP contribution in [0.1, 0.15) is 0 Å². The molecule has 0 radical (unpaired) electrons. The van der Waals surface area contributed by atoms with Crippen molar-refractivity contribution in [1.29, 1.82) is 0 Å². The van der Waals surface area contributed by atoms with Crippen molar-refractivity contribution >= 4 is 22.9 Å². The number of thiophene rings is 1. The van der Waals surface area contributed by atoms with E-state index in [2.05, 4.69) is 10.3 Å². The SMILES string of the molecule is COc1cccc(NC(=O)Cn2cnc(-c3cccs3)cc2=O)c1. The van der Waals surface area contributed by atoms with E-state index < -0.39 is 0 Å². The zero-order chi connectivity index (χ0) is 16.9. The van der Waals surface area contributed by atoms with E-state index in [9.17, 15) is 9.59 Å². The van der Waals surface area contributed by atoms with E-state index in [1.807, 2.05) is 17.5 Å². The van der Waals surface area contributed by atoms with E-state index in [1.165, 1.54) is 28.3 Å². The van der Waals surface area contributed by atoms with Crippen molar-refractivity contribution in [2.45, 2.75) is 6.54 Å². The first-order chi connectivity index (χ1) is 11.7. The second-order valence-electron chi connectivity index (χ2n) is 5.00. The molecule has 0 aliphatic rings. The van der Waals surface area contributed by atoms with E-state index in [1.54, 1.807) is 31.4 Å². The Morgan fingerprint density at radius 2 is 2.17 bits per heavy atom. The zero-order valence-electron chi connectivity index (χ0n) is 12.9. The molecule has 24 heavy (non-hydrogen) atoms. The normalized spacial score (nSPS) is 10.4. The first kappa shape index (κ1) is 15.9. The van der Waals surface area contributed by atoms with Gasteiger partial charge in [0.15, 0.2) is 0 Å². The summed E-state index contributed by atoms with van der Waals surface area (Å²) in [5, 5.41) is 4.65. The quantitative estimate of drug-likeness (QED) is 0.774. The van der Waals surface area contributed by atoms with Crippen molar-refractivity contribution in [1.82, 2.24) is 9.55 Å². The van der Waals surface area contributed by atoms with Gasteiger partial charge in [-0.3, -0.25) is 14.2 Å². The van der Waals surface area contributed by atoms with E-state index in [0.717, 1.165) is 4.88 Å². The van der Waals surface area contributed by atoms with E-state index in [4.69, 9.17) is 4.74 Å². The van der Waals surface area contributed by atoms with Gasteiger partial charge in [-0.05, 0) is 23.6 Å². The van der Waals surface area contributed by atoms with Crippen LogP contribution in [0.25, 0.3) is 10.6 Å². The summed E-state index contributed by atoms with van der Waals surface area (Å²) in [6, 6.07) is 12.2. The molecule has 1 aromatic carbocycles. The number of rotatable bonds is 5. The Morgan fingerprint density at radius 3 is 2.88 bits per heavy atom. The van der Waals surface area contributed by atoms with Gasteiger partial charge in [-0.2, -0.15) is 0 Å². The van der Waals surface area contributed by atoms with Gasteiger partial charge in [0.25, 0.3) is 5.56 Å². The number of ether oxygens (including phenoxy) is 1. The summed E-state index contributed by atoms with van der Waals surface area (Å²) >= 11 is 1.51. The standard InChI is InChI=1S/C17H15N3O3S/c1-23-13-5-2-4-12(8-13)19-16(21)10-20-11-18-14(9-17(20)22)15-6-3-7-24-15/h2-9,11H,10H2,1H3,(H,19,21). The molecule has 7 heteroatoms. The second-order valence-corrected chi connectivity index (χ2v) is 5.95. The molecule has 0 unspecified atom stereocenters. The molecule has 0 spiro atoms. The molecule has 0 aliphatic heterocycles.